The first-order valence-electron chi connectivity index (χ1n) is 8.98. The second kappa shape index (κ2) is 9.27. The Balaban J connectivity index is 1.77. The summed E-state index contributed by atoms with van der Waals surface area (Å²) >= 11 is 0. The van der Waals surface area contributed by atoms with Gasteiger partial charge >= 0.3 is 5.97 Å². The first kappa shape index (κ1) is 19.8. The normalized spacial score (nSPS) is 10.1. The predicted molar refractivity (Wildman–Crippen MR) is 109 cm³/mol. The fraction of sp³-hybridized carbons (Fsp3) is 0.0909. The lowest BCUT2D eigenvalue weighted by atomic mass is 10.1. The van der Waals surface area contributed by atoms with Crippen molar-refractivity contribution in [1.82, 2.24) is 4.98 Å². The molecule has 0 saturated heterocycles. The molecule has 0 aliphatic carbocycles. The number of esters is 1. The first-order chi connectivity index (χ1) is 14.1. The Morgan fingerprint density at radius 1 is 0.897 bits per heavy atom. The van der Waals surface area contributed by atoms with E-state index in [0.717, 1.165) is 0 Å². The minimum absolute atomic E-state index is 0.0457. The van der Waals surface area contributed by atoms with Crippen LogP contribution in [0.1, 0.15) is 38.1 Å². The molecule has 0 aliphatic rings. The van der Waals surface area contributed by atoms with Crippen LogP contribution in [0.2, 0.25) is 0 Å². The van der Waals surface area contributed by atoms with Crippen LogP contribution in [0.3, 0.4) is 0 Å². The molecule has 1 heterocycles. The van der Waals surface area contributed by atoms with Gasteiger partial charge in [-0.05, 0) is 43.3 Å². The Morgan fingerprint density at radius 3 is 2.38 bits per heavy atom. The van der Waals surface area contributed by atoms with Crippen LogP contribution >= 0.6 is 0 Å². The van der Waals surface area contributed by atoms with Gasteiger partial charge in [-0.3, -0.25) is 14.6 Å². The number of nitrogens with one attached hydrogen (secondary N) is 2. The second-order valence-corrected chi connectivity index (χ2v) is 5.97. The van der Waals surface area contributed by atoms with Crippen molar-refractivity contribution in [3.05, 3.63) is 89.7 Å². The van der Waals surface area contributed by atoms with Gasteiger partial charge in [0.1, 0.15) is 5.69 Å². The number of amides is 2. The lowest BCUT2D eigenvalue weighted by molar-refractivity contribution is 0.0527. The highest BCUT2D eigenvalue weighted by Gasteiger charge is 2.17. The topological polar surface area (TPSA) is 97.4 Å². The SMILES string of the molecule is CCOC(=O)c1ccccc1NC(=O)c1cc(C(=O)Nc2ccccc2)ccn1. The van der Waals surface area contributed by atoms with Crippen molar-refractivity contribution in [2.75, 3.05) is 17.2 Å². The summed E-state index contributed by atoms with van der Waals surface area (Å²) in [6, 6.07) is 18.4. The summed E-state index contributed by atoms with van der Waals surface area (Å²) in [4.78, 5) is 41.1. The minimum atomic E-state index is -0.545. The Hall–Kier alpha value is -4.00. The molecule has 0 fully saturated rings. The van der Waals surface area contributed by atoms with Crippen molar-refractivity contribution in [2.45, 2.75) is 6.92 Å². The summed E-state index contributed by atoms with van der Waals surface area (Å²) in [7, 11) is 0. The summed E-state index contributed by atoms with van der Waals surface area (Å²) in [6.45, 7) is 1.93. The highest BCUT2D eigenvalue weighted by Crippen LogP contribution is 2.17. The number of anilines is 2. The van der Waals surface area contributed by atoms with Gasteiger partial charge in [-0.1, -0.05) is 30.3 Å². The number of ether oxygens (including phenoxy) is 1. The molecule has 2 aromatic carbocycles. The van der Waals surface area contributed by atoms with Crippen LogP contribution < -0.4 is 10.6 Å². The number of nitrogens with zero attached hydrogens (tertiary/aromatic N) is 1. The lowest BCUT2D eigenvalue weighted by Crippen LogP contribution is -2.18. The molecule has 7 heteroatoms. The van der Waals surface area contributed by atoms with E-state index in [9.17, 15) is 14.4 Å². The number of hydrogen-bond donors (Lipinski definition) is 2. The van der Waals surface area contributed by atoms with E-state index in [1.807, 2.05) is 18.2 Å². The van der Waals surface area contributed by atoms with Gasteiger partial charge < -0.3 is 15.4 Å². The number of rotatable bonds is 6. The van der Waals surface area contributed by atoms with Crippen LogP contribution in [-0.2, 0) is 4.74 Å². The molecule has 0 radical (unpaired) electrons. The van der Waals surface area contributed by atoms with E-state index in [-0.39, 0.29) is 29.3 Å². The third-order valence-electron chi connectivity index (χ3n) is 3.96. The van der Waals surface area contributed by atoms with Gasteiger partial charge in [-0.2, -0.15) is 0 Å². The fourth-order valence-corrected chi connectivity index (χ4v) is 2.59. The van der Waals surface area contributed by atoms with E-state index in [1.54, 1.807) is 43.3 Å². The van der Waals surface area contributed by atoms with Crippen molar-refractivity contribution in [1.29, 1.82) is 0 Å². The number of para-hydroxylation sites is 2. The van der Waals surface area contributed by atoms with E-state index < -0.39 is 11.9 Å². The summed E-state index contributed by atoms with van der Waals surface area (Å²) in [6.07, 6.45) is 1.38. The molecule has 7 nitrogen and oxygen atoms in total. The van der Waals surface area contributed by atoms with Gasteiger partial charge in [0.05, 0.1) is 17.9 Å². The molecule has 0 atom stereocenters. The van der Waals surface area contributed by atoms with E-state index in [0.29, 0.717) is 11.4 Å². The maximum absolute atomic E-state index is 12.6. The van der Waals surface area contributed by atoms with E-state index in [2.05, 4.69) is 15.6 Å². The van der Waals surface area contributed by atoms with Crippen molar-refractivity contribution >= 4 is 29.2 Å². The molecule has 2 N–H and O–H groups in total. The summed E-state index contributed by atoms with van der Waals surface area (Å²) in [5.74, 6) is -1.44. The number of carbonyl (C=O) groups excluding carboxylic acids is 3. The third-order valence-corrected chi connectivity index (χ3v) is 3.96. The zero-order valence-electron chi connectivity index (χ0n) is 15.7. The van der Waals surface area contributed by atoms with Gasteiger partial charge in [0.15, 0.2) is 0 Å². The molecular weight excluding hydrogens is 370 g/mol. The Morgan fingerprint density at radius 2 is 1.62 bits per heavy atom. The zero-order valence-corrected chi connectivity index (χ0v) is 15.7. The van der Waals surface area contributed by atoms with Gasteiger partial charge in [-0.15, -0.1) is 0 Å². The van der Waals surface area contributed by atoms with Crippen LogP contribution in [0.15, 0.2) is 72.9 Å². The van der Waals surface area contributed by atoms with Crippen LogP contribution in [0.5, 0.6) is 0 Å². The smallest absolute Gasteiger partial charge is 0.340 e. The first-order valence-corrected chi connectivity index (χ1v) is 8.98. The van der Waals surface area contributed by atoms with Crippen LogP contribution in [0.25, 0.3) is 0 Å². The molecule has 0 spiro atoms. The monoisotopic (exact) mass is 389 g/mol. The van der Waals surface area contributed by atoms with E-state index >= 15 is 0 Å². The van der Waals surface area contributed by atoms with Crippen LogP contribution in [-0.4, -0.2) is 29.4 Å². The number of carbonyl (C=O) groups is 3. The van der Waals surface area contributed by atoms with Crippen LogP contribution in [0.4, 0.5) is 11.4 Å². The number of hydrogen-bond acceptors (Lipinski definition) is 5. The standard InChI is InChI=1S/C22H19N3O4/c1-2-29-22(28)17-10-6-7-11-18(17)25-21(27)19-14-15(12-13-23-19)20(26)24-16-8-4-3-5-9-16/h3-14H,2H2,1H3,(H,24,26)(H,25,27). The maximum Gasteiger partial charge on any atom is 0.340 e. The summed E-state index contributed by atoms with van der Waals surface area (Å²) in [5, 5.41) is 5.40. The quantitative estimate of drug-likeness (QED) is 0.626. The fourth-order valence-electron chi connectivity index (χ4n) is 2.59. The molecule has 1 aromatic heterocycles. The average Bonchev–Trinajstić information content (AvgIpc) is 2.75. The zero-order chi connectivity index (χ0) is 20.6. The maximum atomic E-state index is 12.6. The lowest BCUT2D eigenvalue weighted by Gasteiger charge is -2.10. The van der Waals surface area contributed by atoms with Crippen molar-refractivity contribution in [2.24, 2.45) is 0 Å². The molecule has 3 rings (SSSR count). The van der Waals surface area contributed by atoms with E-state index in [4.69, 9.17) is 4.74 Å². The van der Waals surface area contributed by atoms with Gasteiger partial charge in [0.25, 0.3) is 11.8 Å². The Bertz CT molecular complexity index is 1030. The largest absolute Gasteiger partial charge is 0.462 e. The highest BCUT2D eigenvalue weighted by molar-refractivity contribution is 6.09. The molecule has 29 heavy (non-hydrogen) atoms. The van der Waals surface area contributed by atoms with Crippen LogP contribution in [0, 0.1) is 0 Å². The van der Waals surface area contributed by atoms with Crippen molar-refractivity contribution < 1.29 is 19.1 Å². The summed E-state index contributed by atoms with van der Waals surface area (Å²) in [5.41, 5.74) is 1.51. The van der Waals surface area contributed by atoms with Gasteiger partial charge in [0, 0.05) is 17.4 Å². The molecule has 0 aliphatic heterocycles. The summed E-state index contributed by atoms with van der Waals surface area (Å²) < 4.78 is 5.00. The number of pyridine rings is 1. The van der Waals surface area contributed by atoms with E-state index in [1.165, 1.54) is 18.3 Å². The third kappa shape index (κ3) is 5.04. The number of aromatic nitrogens is 1. The minimum Gasteiger partial charge on any atom is -0.462 e. The van der Waals surface area contributed by atoms with Crippen molar-refractivity contribution in [3.63, 3.8) is 0 Å². The van der Waals surface area contributed by atoms with Crippen molar-refractivity contribution in [3.8, 4) is 0 Å². The molecule has 2 amide bonds. The highest BCUT2D eigenvalue weighted by atomic mass is 16.5. The molecule has 3 aromatic rings. The molecule has 0 unspecified atom stereocenters. The second-order valence-electron chi connectivity index (χ2n) is 5.97. The predicted octanol–water partition coefficient (Wildman–Crippen LogP) is 3.76. The van der Waals surface area contributed by atoms with Gasteiger partial charge in [0.2, 0.25) is 0 Å². The molecular formula is C22H19N3O4. The molecule has 0 saturated carbocycles. The Kier molecular flexibility index (Phi) is 6.32. The Labute approximate surface area is 167 Å². The van der Waals surface area contributed by atoms with Gasteiger partial charge in [-0.25, -0.2) is 4.79 Å². The molecule has 146 valence electrons. The average molecular weight is 389 g/mol. The molecule has 0 bridgehead atoms. The number of benzene rings is 2.